The number of aliphatic hydroxyl groups is 1. The molecule has 0 rings (SSSR count). The molecular formula is C46H74N2O7. The first-order valence-corrected chi connectivity index (χ1v) is 21.0. The van der Waals surface area contributed by atoms with Crippen LogP contribution in [0.3, 0.4) is 0 Å². The lowest BCUT2D eigenvalue weighted by atomic mass is 10.1. The first-order valence-electron chi connectivity index (χ1n) is 21.0. The number of rotatable bonds is 36. The number of carboxylic acid groups (broad SMARTS) is 1. The van der Waals surface area contributed by atoms with Crippen molar-refractivity contribution >= 4 is 23.8 Å². The highest BCUT2D eigenvalue weighted by Crippen LogP contribution is 2.13. The van der Waals surface area contributed by atoms with Crippen molar-refractivity contribution in [1.82, 2.24) is 10.6 Å². The lowest BCUT2D eigenvalue weighted by Gasteiger charge is -2.15. The Morgan fingerprint density at radius 1 is 0.582 bits per heavy atom. The number of esters is 1. The number of hydrogen-bond acceptors (Lipinski definition) is 6. The van der Waals surface area contributed by atoms with Crippen LogP contribution in [0.5, 0.6) is 0 Å². The Kier molecular flexibility index (Phi) is 36.8. The van der Waals surface area contributed by atoms with Crippen LogP contribution < -0.4 is 10.6 Å². The second-order valence-electron chi connectivity index (χ2n) is 13.7. The summed E-state index contributed by atoms with van der Waals surface area (Å²) >= 11 is 0. The molecule has 0 aliphatic rings. The van der Waals surface area contributed by atoms with Gasteiger partial charge < -0.3 is 25.6 Å². The molecule has 0 saturated carbocycles. The van der Waals surface area contributed by atoms with Gasteiger partial charge in [-0.15, -0.1) is 0 Å². The zero-order valence-electron chi connectivity index (χ0n) is 34.1. The fraction of sp³-hybridized carbons (Fsp3) is 0.609. The van der Waals surface area contributed by atoms with E-state index < -0.39 is 24.5 Å². The zero-order chi connectivity index (χ0) is 40.5. The molecule has 0 aromatic heterocycles. The average Bonchev–Trinajstić information content (AvgIpc) is 3.17. The summed E-state index contributed by atoms with van der Waals surface area (Å²) in [6, 6.07) is -1.42. The van der Waals surface area contributed by atoms with Crippen LogP contribution >= 0.6 is 0 Å². The number of nitrogens with one attached hydrogen (secondary N) is 2. The maximum atomic E-state index is 12.7. The van der Waals surface area contributed by atoms with Gasteiger partial charge in [0.05, 0.1) is 13.2 Å². The number of allylic oxidation sites excluding steroid dienone is 13. The van der Waals surface area contributed by atoms with Crippen LogP contribution in [0.25, 0.3) is 0 Å². The second-order valence-corrected chi connectivity index (χ2v) is 13.7. The number of hydrogen-bond donors (Lipinski definition) is 4. The van der Waals surface area contributed by atoms with Crippen molar-refractivity contribution in [2.45, 2.75) is 167 Å². The van der Waals surface area contributed by atoms with Gasteiger partial charge in [-0.25, -0.2) is 4.79 Å². The minimum Gasteiger partial charge on any atom is -0.480 e. The number of aliphatic carboxylic acids is 1. The van der Waals surface area contributed by atoms with E-state index in [0.717, 1.165) is 77.0 Å². The summed E-state index contributed by atoms with van der Waals surface area (Å²) in [5, 5.41) is 22.6. The van der Waals surface area contributed by atoms with Crippen LogP contribution in [0.15, 0.2) is 85.1 Å². The predicted molar refractivity (Wildman–Crippen MR) is 226 cm³/mol. The Morgan fingerprint density at radius 2 is 1.09 bits per heavy atom. The normalized spacial score (nSPS) is 13.4. The molecule has 55 heavy (non-hydrogen) atoms. The topological polar surface area (TPSA) is 142 Å². The molecule has 2 unspecified atom stereocenters. The molecule has 2 atom stereocenters. The first-order chi connectivity index (χ1) is 26.8. The Balaban J connectivity index is 4.59. The summed E-state index contributed by atoms with van der Waals surface area (Å²) < 4.78 is 5.83. The quantitative estimate of drug-likeness (QED) is 0.0283. The van der Waals surface area contributed by atoms with Crippen molar-refractivity contribution in [3.63, 3.8) is 0 Å². The summed E-state index contributed by atoms with van der Waals surface area (Å²) in [6.07, 6.45) is 50.4. The number of unbranched alkanes of at least 4 members (excludes halogenated alkanes) is 10. The third-order valence-electron chi connectivity index (χ3n) is 8.61. The minimum absolute atomic E-state index is 0.175. The molecule has 9 nitrogen and oxygen atoms in total. The van der Waals surface area contributed by atoms with Crippen molar-refractivity contribution in [2.75, 3.05) is 13.2 Å². The van der Waals surface area contributed by atoms with Gasteiger partial charge in [0.15, 0.2) is 0 Å². The van der Waals surface area contributed by atoms with Gasteiger partial charge in [0.1, 0.15) is 12.1 Å². The highest BCUT2D eigenvalue weighted by molar-refractivity contribution is 5.87. The molecule has 0 bridgehead atoms. The number of aliphatic hydroxyl groups excluding tert-OH is 1. The smallest absolute Gasteiger partial charge is 0.328 e. The van der Waals surface area contributed by atoms with Gasteiger partial charge >= 0.3 is 11.9 Å². The van der Waals surface area contributed by atoms with Gasteiger partial charge in [-0.3, -0.25) is 14.4 Å². The lowest BCUT2D eigenvalue weighted by molar-refractivity contribution is -0.147. The molecule has 0 radical (unpaired) electrons. The molecular weight excluding hydrogens is 693 g/mol. The fourth-order valence-electron chi connectivity index (χ4n) is 5.39. The number of carboxylic acids is 1. The summed E-state index contributed by atoms with van der Waals surface area (Å²) in [5.41, 5.74) is 0. The molecule has 0 aromatic carbocycles. The van der Waals surface area contributed by atoms with Crippen molar-refractivity contribution < 1.29 is 34.1 Å². The largest absolute Gasteiger partial charge is 0.480 e. The van der Waals surface area contributed by atoms with E-state index in [4.69, 9.17) is 14.9 Å². The van der Waals surface area contributed by atoms with E-state index in [1.54, 1.807) is 0 Å². The van der Waals surface area contributed by atoms with E-state index in [9.17, 15) is 19.2 Å². The third-order valence-corrected chi connectivity index (χ3v) is 8.61. The van der Waals surface area contributed by atoms with Gasteiger partial charge in [-0.1, -0.05) is 131 Å². The molecule has 9 heteroatoms. The van der Waals surface area contributed by atoms with E-state index in [0.29, 0.717) is 25.7 Å². The fourth-order valence-corrected chi connectivity index (χ4v) is 5.39. The van der Waals surface area contributed by atoms with E-state index >= 15 is 0 Å². The number of amides is 2. The monoisotopic (exact) mass is 767 g/mol. The van der Waals surface area contributed by atoms with E-state index in [-0.39, 0.29) is 30.9 Å². The van der Waals surface area contributed by atoms with Crippen molar-refractivity contribution in [2.24, 2.45) is 0 Å². The second kappa shape index (κ2) is 39.7. The van der Waals surface area contributed by atoms with Gasteiger partial charge in [0.2, 0.25) is 11.8 Å². The van der Waals surface area contributed by atoms with Crippen molar-refractivity contribution in [1.29, 1.82) is 0 Å². The Labute approximate surface area is 333 Å². The van der Waals surface area contributed by atoms with E-state index in [1.165, 1.54) is 32.1 Å². The SMILES string of the molecule is CC/C=C\C/C=C\C/C=C\C/C=C\C/C=C\C(CCCCC(=O)NCC(=O)NC(CO)C(=O)O)OC(=O)CCCCCCC/C=C\C/C=C\CCCCCC. The molecule has 2 amide bonds. The summed E-state index contributed by atoms with van der Waals surface area (Å²) in [4.78, 5) is 47.8. The molecule has 0 saturated heterocycles. The van der Waals surface area contributed by atoms with Gasteiger partial charge in [-0.05, 0) is 96.0 Å². The molecule has 0 aliphatic heterocycles. The first kappa shape index (κ1) is 51.0. The van der Waals surface area contributed by atoms with Crippen LogP contribution in [0.4, 0.5) is 0 Å². The minimum atomic E-state index is -1.42. The molecule has 0 aromatic rings. The van der Waals surface area contributed by atoms with Crippen LogP contribution in [-0.2, 0) is 23.9 Å². The summed E-state index contributed by atoms with van der Waals surface area (Å²) in [6.45, 7) is 3.25. The van der Waals surface area contributed by atoms with E-state index in [1.807, 2.05) is 12.2 Å². The zero-order valence-corrected chi connectivity index (χ0v) is 34.1. The maximum absolute atomic E-state index is 12.7. The Bertz CT molecular complexity index is 1200. The highest BCUT2D eigenvalue weighted by atomic mass is 16.5. The van der Waals surface area contributed by atoms with Crippen LogP contribution in [0.2, 0.25) is 0 Å². The summed E-state index contributed by atoms with van der Waals surface area (Å²) in [7, 11) is 0. The van der Waals surface area contributed by atoms with Crippen LogP contribution in [0, 0.1) is 0 Å². The Morgan fingerprint density at radius 3 is 1.65 bits per heavy atom. The highest BCUT2D eigenvalue weighted by Gasteiger charge is 2.19. The van der Waals surface area contributed by atoms with Gasteiger partial charge in [0.25, 0.3) is 0 Å². The number of carbonyl (C=O) groups excluding carboxylic acids is 3. The van der Waals surface area contributed by atoms with Gasteiger partial charge in [-0.2, -0.15) is 0 Å². The van der Waals surface area contributed by atoms with Crippen molar-refractivity contribution in [3.05, 3.63) is 85.1 Å². The molecule has 310 valence electrons. The standard InChI is InChI=1S/C46H74N2O7/c1-3-5-7-9-11-13-15-17-19-20-22-24-26-28-30-32-38-45(52)55-41(35-31-29-27-25-23-21-18-16-14-12-10-8-6-4-2)36-33-34-37-43(50)47-39-44(51)48-42(40-49)46(53)54/h6,8,12-15,18-21,25,27,31,35,41-42,49H,3-5,7,9-11,16-17,22-24,26,28-30,32-34,36-40H2,1-2H3,(H,47,50)(H,48,51)(H,53,54)/b8-6-,14-12-,15-13-,20-19-,21-18-,27-25-,35-31-. The average molecular weight is 767 g/mol. The molecule has 0 aliphatic carbocycles. The van der Waals surface area contributed by atoms with E-state index in [2.05, 4.69) is 97.4 Å². The summed E-state index contributed by atoms with van der Waals surface area (Å²) in [5.74, 6) is -2.60. The molecule has 0 spiro atoms. The number of ether oxygens (including phenoxy) is 1. The molecule has 0 fully saturated rings. The predicted octanol–water partition coefficient (Wildman–Crippen LogP) is 10.1. The molecule has 4 N–H and O–H groups in total. The van der Waals surface area contributed by atoms with Crippen LogP contribution in [0.1, 0.15) is 155 Å². The number of carbonyl (C=O) groups is 4. The molecule has 0 heterocycles. The maximum Gasteiger partial charge on any atom is 0.328 e. The lowest BCUT2D eigenvalue weighted by Crippen LogP contribution is -2.47. The third kappa shape index (κ3) is 36.8. The van der Waals surface area contributed by atoms with Gasteiger partial charge in [0, 0.05) is 12.8 Å². The Hall–Kier alpha value is -3.98. The van der Waals surface area contributed by atoms with Crippen molar-refractivity contribution in [3.8, 4) is 0 Å². The van der Waals surface area contributed by atoms with Crippen LogP contribution in [-0.4, -0.2) is 59.3 Å².